The van der Waals surface area contributed by atoms with Gasteiger partial charge in [0.15, 0.2) is 5.78 Å². The Labute approximate surface area is 61.2 Å². The van der Waals surface area contributed by atoms with Crippen LogP contribution in [0.15, 0.2) is 0 Å². The fraction of sp³-hybridized carbons (Fsp3) is 0.857. The second-order valence-corrected chi connectivity index (χ2v) is 2.94. The summed E-state index contributed by atoms with van der Waals surface area (Å²) in [6.45, 7) is 2.14. The maximum Gasteiger partial charge on any atom is 0.151 e. The first-order valence-electron chi connectivity index (χ1n) is 3.65. The largest absolute Gasteiger partial charge is 0.330 e. The Morgan fingerprint density at radius 2 is 2.50 bits per heavy atom. The van der Waals surface area contributed by atoms with Crippen LogP contribution in [0.3, 0.4) is 0 Å². The first kappa shape index (κ1) is 7.69. The van der Waals surface area contributed by atoms with E-state index in [0.717, 1.165) is 13.0 Å². The highest BCUT2D eigenvalue weighted by atomic mass is 16.1. The topological polar surface area (TPSA) is 46.3 Å². The van der Waals surface area contributed by atoms with Gasteiger partial charge in [-0.05, 0) is 20.0 Å². The second kappa shape index (κ2) is 3.12. The molecule has 1 aliphatic rings. The highest BCUT2D eigenvalue weighted by Gasteiger charge is 2.26. The van der Waals surface area contributed by atoms with E-state index in [0.29, 0.717) is 18.9 Å². The number of rotatable bonds is 2. The fourth-order valence-electron chi connectivity index (χ4n) is 1.39. The molecule has 3 nitrogen and oxygen atoms in total. The van der Waals surface area contributed by atoms with Crippen LogP contribution >= 0.6 is 0 Å². The van der Waals surface area contributed by atoms with E-state index in [4.69, 9.17) is 5.73 Å². The lowest BCUT2D eigenvalue weighted by Gasteiger charge is -2.05. The summed E-state index contributed by atoms with van der Waals surface area (Å²) in [5, 5.41) is 0. The van der Waals surface area contributed by atoms with Crippen LogP contribution in [0.25, 0.3) is 0 Å². The summed E-state index contributed by atoms with van der Waals surface area (Å²) in [7, 11) is 1.97. The number of nitrogens with two attached hydrogens (primary N) is 1. The van der Waals surface area contributed by atoms with E-state index >= 15 is 0 Å². The van der Waals surface area contributed by atoms with Gasteiger partial charge in [-0.2, -0.15) is 0 Å². The van der Waals surface area contributed by atoms with Gasteiger partial charge in [-0.3, -0.25) is 9.69 Å². The predicted molar refractivity (Wildman–Crippen MR) is 39.7 cm³/mol. The number of Topliss-reactive ketones (excluding diaryl/α,β-unsaturated/α-hetero) is 1. The summed E-state index contributed by atoms with van der Waals surface area (Å²) in [6, 6.07) is 0. The zero-order chi connectivity index (χ0) is 7.56. The molecule has 2 N–H and O–H groups in total. The zero-order valence-corrected chi connectivity index (χ0v) is 6.34. The highest BCUT2D eigenvalue weighted by Crippen LogP contribution is 2.12. The molecule has 10 heavy (non-hydrogen) atoms. The molecule has 58 valence electrons. The summed E-state index contributed by atoms with van der Waals surface area (Å²) in [6.07, 6.45) is 0.850. The average Bonchev–Trinajstić information content (AvgIpc) is 2.13. The van der Waals surface area contributed by atoms with E-state index in [1.54, 1.807) is 0 Å². The smallest absolute Gasteiger partial charge is 0.151 e. The molecule has 0 saturated carbocycles. The normalized spacial score (nSPS) is 27.8. The van der Waals surface area contributed by atoms with Crippen molar-refractivity contribution in [3.05, 3.63) is 0 Å². The van der Waals surface area contributed by atoms with Crippen molar-refractivity contribution in [3.8, 4) is 0 Å². The minimum Gasteiger partial charge on any atom is -0.330 e. The molecule has 0 aliphatic carbocycles. The molecule has 1 atom stereocenters. The Balaban J connectivity index is 2.39. The van der Waals surface area contributed by atoms with Crippen molar-refractivity contribution < 1.29 is 4.79 Å². The summed E-state index contributed by atoms with van der Waals surface area (Å²) in [5.41, 5.74) is 5.35. The molecule has 0 bridgehead atoms. The Kier molecular flexibility index (Phi) is 2.40. The molecule has 0 aromatic heterocycles. The van der Waals surface area contributed by atoms with Crippen molar-refractivity contribution in [2.24, 2.45) is 11.7 Å². The lowest BCUT2D eigenvalue weighted by atomic mass is 10.0. The number of likely N-dealkylation sites (N-methyl/N-ethyl adjacent to an activating group) is 1. The van der Waals surface area contributed by atoms with Crippen molar-refractivity contribution in [3.63, 3.8) is 0 Å². The lowest BCUT2D eigenvalue weighted by Crippen LogP contribution is -2.16. The number of likely N-dealkylation sites (tertiary alicyclic amines) is 1. The molecule has 1 unspecified atom stereocenters. The molecule has 0 radical (unpaired) electrons. The molecule has 1 heterocycles. The van der Waals surface area contributed by atoms with Crippen molar-refractivity contribution in [2.75, 3.05) is 26.7 Å². The van der Waals surface area contributed by atoms with E-state index in [9.17, 15) is 4.79 Å². The van der Waals surface area contributed by atoms with Gasteiger partial charge in [0.1, 0.15) is 0 Å². The minimum absolute atomic E-state index is 0.218. The van der Waals surface area contributed by atoms with Crippen molar-refractivity contribution in [1.82, 2.24) is 4.90 Å². The predicted octanol–water partition coefficient (Wildman–Crippen LogP) is -0.534. The van der Waals surface area contributed by atoms with Crippen LogP contribution in [0.4, 0.5) is 0 Å². The minimum atomic E-state index is 0.218. The standard InChI is InChI=1S/C7H14N2O/c1-9-4-6(2-3-8)7(10)5-9/h6H,2-5,8H2,1H3. The number of hydrogen-bond acceptors (Lipinski definition) is 3. The summed E-state index contributed by atoms with van der Waals surface area (Å²) < 4.78 is 0. The monoisotopic (exact) mass is 142 g/mol. The van der Waals surface area contributed by atoms with Crippen LogP contribution in [0, 0.1) is 5.92 Å². The second-order valence-electron chi connectivity index (χ2n) is 2.94. The van der Waals surface area contributed by atoms with Crippen LogP contribution in [-0.2, 0) is 4.79 Å². The third kappa shape index (κ3) is 1.55. The molecular weight excluding hydrogens is 128 g/mol. The average molecular weight is 142 g/mol. The van der Waals surface area contributed by atoms with E-state index in [1.807, 2.05) is 11.9 Å². The Morgan fingerprint density at radius 3 is 2.90 bits per heavy atom. The number of ketones is 1. The molecule has 1 aliphatic heterocycles. The van der Waals surface area contributed by atoms with Gasteiger partial charge in [0.05, 0.1) is 6.54 Å². The van der Waals surface area contributed by atoms with Gasteiger partial charge in [0.25, 0.3) is 0 Å². The van der Waals surface area contributed by atoms with Gasteiger partial charge in [0.2, 0.25) is 0 Å². The van der Waals surface area contributed by atoms with Gasteiger partial charge in [0, 0.05) is 12.5 Å². The number of hydrogen-bond donors (Lipinski definition) is 1. The van der Waals surface area contributed by atoms with Crippen molar-refractivity contribution in [1.29, 1.82) is 0 Å². The fourth-order valence-corrected chi connectivity index (χ4v) is 1.39. The van der Waals surface area contributed by atoms with Crippen LogP contribution in [-0.4, -0.2) is 37.4 Å². The Bertz CT molecular complexity index is 136. The van der Waals surface area contributed by atoms with Gasteiger partial charge in [-0.1, -0.05) is 0 Å². The van der Waals surface area contributed by atoms with E-state index in [1.165, 1.54) is 0 Å². The molecule has 1 rings (SSSR count). The summed E-state index contributed by atoms with van der Waals surface area (Å²) in [4.78, 5) is 13.1. The van der Waals surface area contributed by atoms with Crippen molar-refractivity contribution in [2.45, 2.75) is 6.42 Å². The van der Waals surface area contributed by atoms with Gasteiger partial charge < -0.3 is 5.73 Å². The maximum atomic E-state index is 11.1. The van der Waals surface area contributed by atoms with Gasteiger partial charge in [-0.25, -0.2) is 0 Å². The molecule has 1 saturated heterocycles. The summed E-state index contributed by atoms with van der Waals surface area (Å²) >= 11 is 0. The Morgan fingerprint density at radius 1 is 1.80 bits per heavy atom. The number of carbonyl (C=O) groups is 1. The van der Waals surface area contributed by atoms with E-state index in [2.05, 4.69) is 0 Å². The Hall–Kier alpha value is -0.410. The first-order valence-corrected chi connectivity index (χ1v) is 3.65. The molecular formula is C7H14N2O. The number of carbonyl (C=O) groups excluding carboxylic acids is 1. The quantitative estimate of drug-likeness (QED) is 0.563. The van der Waals surface area contributed by atoms with Crippen LogP contribution < -0.4 is 5.73 Å². The third-order valence-electron chi connectivity index (χ3n) is 1.93. The van der Waals surface area contributed by atoms with Crippen molar-refractivity contribution >= 4 is 5.78 Å². The van der Waals surface area contributed by atoms with Crippen LogP contribution in [0.2, 0.25) is 0 Å². The van der Waals surface area contributed by atoms with Gasteiger partial charge in [-0.15, -0.1) is 0 Å². The SMILES string of the molecule is CN1CC(=O)C(CCN)C1. The number of nitrogens with zero attached hydrogens (tertiary/aromatic N) is 1. The zero-order valence-electron chi connectivity index (χ0n) is 6.34. The molecule has 0 spiro atoms. The molecule has 0 aromatic carbocycles. The maximum absolute atomic E-state index is 11.1. The first-order chi connectivity index (χ1) is 4.74. The summed E-state index contributed by atoms with van der Waals surface area (Å²) in [5.74, 6) is 0.572. The third-order valence-corrected chi connectivity index (χ3v) is 1.93. The van der Waals surface area contributed by atoms with E-state index < -0.39 is 0 Å². The lowest BCUT2D eigenvalue weighted by molar-refractivity contribution is -0.119. The van der Waals surface area contributed by atoms with Crippen LogP contribution in [0.5, 0.6) is 0 Å². The highest BCUT2D eigenvalue weighted by molar-refractivity contribution is 5.85. The molecule has 1 fully saturated rings. The molecule has 0 amide bonds. The molecule has 3 heteroatoms. The van der Waals surface area contributed by atoms with E-state index in [-0.39, 0.29) is 5.92 Å². The van der Waals surface area contributed by atoms with Gasteiger partial charge >= 0.3 is 0 Å². The molecule has 0 aromatic rings. The van der Waals surface area contributed by atoms with Crippen LogP contribution in [0.1, 0.15) is 6.42 Å².